The van der Waals surface area contributed by atoms with Gasteiger partial charge in [0, 0.05) is 31.0 Å². The third-order valence-corrected chi connectivity index (χ3v) is 5.25. The van der Waals surface area contributed by atoms with Gasteiger partial charge in [0.15, 0.2) is 5.82 Å². The molecule has 1 heterocycles. The van der Waals surface area contributed by atoms with Gasteiger partial charge in [-0.3, -0.25) is 4.68 Å². The van der Waals surface area contributed by atoms with Gasteiger partial charge in [-0.05, 0) is 33.6 Å². The van der Waals surface area contributed by atoms with Gasteiger partial charge in [0.05, 0.1) is 4.90 Å². The van der Waals surface area contributed by atoms with Crippen molar-refractivity contribution >= 4 is 26.0 Å². The lowest BCUT2D eigenvalue weighted by Gasteiger charge is -2.09. The molecule has 0 aliphatic rings. The molecule has 0 radical (unpaired) electrons. The van der Waals surface area contributed by atoms with E-state index < -0.39 is 10.0 Å². The lowest BCUT2D eigenvalue weighted by atomic mass is 10.2. The Hall–Kier alpha value is -1.29. The third-order valence-electron chi connectivity index (χ3n) is 2.81. The predicted molar refractivity (Wildman–Crippen MR) is 81.9 cm³/mol. The van der Waals surface area contributed by atoms with E-state index >= 15 is 0 Å². The molecule has 7 nitrogen and oxygen atoms in total. The van der Waals surface area contributed by atoms with E-state index in [9.17, 15) is 8.42 Å². The van der Waals surface area contributed by atoms with E-state index in [0.29, 0.717) is 23.3 Å². The second-order valence-electron chi connectivity index (χ2n) is 4.45. The number of rotatable bonds is 6. The number of nitrogens with two attached hydrogens (primary N) is 1. The summed E-state index contributed by atoms with van der Waals surface area (Å²) in [6, 6.07) is 4.93. The minimum Gasteiger partial charge on any atom is -0.326 e. The molecule has 0 saturated carbocycles. The fraction of sp³-hybridized carbons (Fsp3) is 0.333. The van der Waals surface area contributed by atoms with Gasteiger partial charge in [-0.25, -0.2) is 18.1 Å². The molecule has 0 atom stereocenters. The van der Waals surface area contributed by atoms with Crippen molar-refractivity contribution in [1.29, 1.82) is 0 Å². The van der Waals surface area contributed by atoms with E-state index in [1.54, 1.807) is 30.2 Å². The molecule has 3 N–H and O–H groups in total. The molecule has 0 aliphatic carbocycles. The van der Waals surface area contributed by atoms with Gasteiger partial charge >= 0.3 is 0 Å². The van der Waals surface area contributed by atoms with Crippen LogP contribution in [0.15, 0.2) is 33.9 Å². The molecule has 9 heteroatoms. The Labute approximate surface area is 131 Å². The Morgan fingerprint density at radius 1 is 1.43 bits per heavy atom. The van der Waals surface area contributed by atoms with E-state index in [0.717, 1.165) is 5.56 Å². The number of nitrogens with one attached hydrogen (secondary N) is 1. The van der Waals surface area contributed by atoms with E-state index in [1.165, 1.54) is 6.07 Å². The summed E-state index contributed by atoms with van der Waals surface area (Å²) in [5.74, 6) is 0.595. The van der Waals surface area contributed by atoms with Crippen molar-refractivity contribution in [2.24, 2.45) is 12.8 Å². The molecule has 0 saturated heterocycles. The summed E-state index contributed by atoms with van der Waals surface area (Å²) in [5.41, 5.74) is 6.38. The molecule has 1 aromatic heterocycles. The third kappa shape index (κ3) is 4.10. The molecule has 0 bridgehead atoms. The zero-order valence-corrected chi connectivity index (χ0v) is 13.9. The van der Waals surface area contributed by atoms with Crippen molar-refractivity contribution in [3.05, 3.63) is 40.4 Å². The molecule has 2 rings (SSSR count). The van der Waals surface area contributed by atoms with Crippen LogP contribution in [0.3, 0.4) is 0 Å². The van der Waals surface area contributed by atoms with Crippen LogP contribution in [0.25, 0.3) is 0 Å². The molecule has 0 amide bonds. The summed E-state index contributed by atoms with van der Waals surface area (Å²) in [7, 11) is -1.82. The summed E-state index contributed by atoms with van der Waals surface area (Å²) in [6.45, 7) is 0.592. The zero-order valence-electron chi connectivity index (χ0n) is 11.5. The standard InChI is InChI=1S/C12H16BrN5O2S/c1-18-8-15-12(17-18)4-5-16-21(19,20)11-3-2-9(7-14)6-10(11)13/h2-3,6,8,16H,4-5,7,14H2,1H3. The van der Waals surface area contributed by atoms with Crippen molar-refractivity contribution < 1.29 is 8.42 Å². The number of aromatic nitrogens is 3. The quantitative estimate of drug-likeness (QED) is 0.769. The highest BCUT2D eigenvalue weighted by molar-refractivity contribution is 9.10. The fourth-order valence-electron chi connectivity index (χ4n) is 1.76. The zero-order chi connectivity index (χ0) is 15.5. The summed E-state index contributed by atoms with van der Waals surface area (Å²) in [5, 5.41) is 4.09. The van der Waals surface area contributed by atoms with Crippen LogP contribution in [-0.4, -0.2) is 29.7 Å². The van der Waals surface area contributed by atoms with Gasteiger partial charge in [0.2, 0.25) is 10.0 Å². The molecular formula is C12H16BrN5O2S. The van der Waals surface area contributed by atoms with Crippen LogP contribution in [0.4, 0.5) is 0 Å². The average molecular weight is 374 g/mol. The number of benzene rings is 1. The Bertz CT molecular complexity index is 729. The van der Waals surface area contributed by atoms with Gasteiger partial charge < -0.3 is 5.73 Å². The number of hydrogen-bond donors (Lipinski definition) is 2. The normalized spacial score (nSPS) is 11.8. The second-order valence-corrected chi connectivity index (χ2v) is 7.04. The Morgan fingerprint density at radius 2 is 2.19 bits per heavy atom. The highest BCUT2D eigenvalue weighted by Crippen LogP contribution is 2.22. The molecule has 114 valence electrons. The second kappa shape index (κ2) is 6.65. The first-order chi connectivity index (χ1) is 9.92. The van der Waals surface area contributed by atoms with Crippen LogP contribution < -0.4 is 10.5 Å². The largest absolute Gasteiger partial charge is 0.326 e. The van der Waals surface area contributed by atoms with Gasteiger partial charge in [-0.2, -0.15) is 5.10 Å². The van der Waals surface area contributed by atoms with Crippen molar-refractivity contribution in [1.82, 2.24) is 19.5 Å². The number of halogens is 1. The lowest BCUT2D eigenvalue weighted by molar-refractivity contribution is 0.580. The topological polar surface area (TPSA) is 103 Å². The maximum atomic E-state index is 12.2. The first-order valence-electron chi connectivity index (χ1n) is 6.25. The summed E-state index contributed by atoms with van der Waals surface area (Å²) in [6.07, 6.45) is 2.00. The van der Waals surface area contributed by atoms with Gasteiger partial charge in [0.1, 0.15) is 6.33 Å². The molecule has 1 aromatic carbocycles. The highest BCUT2D eigenvalue weighted by atomic mass is 79.9. The van der Waals surface area contributed by atoms with Crippen LogP contribution in [0.5, 0.6) is 0 Å². The average Bonchev–Trinajstić information content (AvgIpc) is 2.83. The van der Waals surface area contributed by atoms with Crippen LogP contribution in [0.1, 0.15) is 11.4 Å². The van der Waals surface area contributed by atoms with Crippen LogP contribution in [-0.2, 0) is 30.0 Å². The van der Waals surface area contributed by atoms with E-state index in [2.05, 4.69) is 30.7 Å². The smallest absolute Gasteiger partial charge is 0.241 e. The lowest BCUT2D eigenvalue weighted by Crippen LogP contribution is -2.26. The minimum atomic E-state index is -3.58. The number of nitrogens with zero attached hydrogens (tertiary/aromatic N) is 3. The number of hydrogen-bond acceptors (Lipinski definition) is 5. The van der Waals surface area contributed by atoms with Crippen molar-refractivity contribution in [2.45, 2.75) is 17.9 Å². The Morgan fingerprint density at radius 3 is 2.76 bits per heavy atom. The highest BCUT2D eigenvalue weighted by Gasteiger charge is 2.17. The summed E-state index contributed by atoms with van der Waals surface area (Å²) >= 11 is 3.26. The molecule has 0 unspecified atom stereocenters. The summed E-state index contributed by atoms with van der Waals surface area (Å²) < 4.78 is 29.1. The molecular weight excluding hydrogens is 358 g/mol. The molecule has 0 spiro atoms. The Balaban J connectivity index is 2.04. The maximum Gasteiger partial charge on any atom is 0.241 e. The fourth-order valence-corrected chi connectivity index (χ4v) is 3.92. The monoisotopic (exact) mass is 373 g/mol. The number of sulfonamides is 1. The van der Waals surface area contributed by atoms with Crippen molar-refractivity contribution in [3.8, 4) is 0 Å². The SMILES string of the molecule is Cn1cnc(CCNS(=O)(=O)c2ccc(CN)cc2Br)n1. The van der Waals surface area contributed by atoms with E-state index in [-0.39, 0.29) is 11.4 Å². The predicted octanol–water partition coefficient (Wildman–Crippen LogP) is 0.557. The van der Waals surface area contributed by atoms with Crippen LogP contribution in [0, 0.1) is 0 Å². The van der Waals surface area contributed by atoms with Crippen molar-refractivity contribution in [2.75, 3.05) is 6.54 Å². The van der Waals surface area contributed by atoms with Gasteiger partial charge in [0.25, 0.3) is 0 Å². The van der Waals surface area contributed by atoms with Gasteiger partial charge in [-0.1, -0.05) is 6.07 Å². The van der Waals surface area contributed by atoms with Crippen LogP contribution in [0.2, 0.25) is 0 Å². The van der Waals surface area contributed by atoms with Gasteiger partial charge in [-0.15, -0.1) is 0 Å². The maximum absolute atomic E-state index is 12.2. The van der Waals surface area contributed by atoms with Crippen molar-refractivity contribution in [3.63, 3.8) is 0 Å². The molecule has 0 aliphatic heterocycles. The first-order valence-corrected chi connectivity index (χ1v) is 8.52. The molecule has 2 aromatic rings. The minimum absolute atomic E-state index is 0.189. The number of aryl methyl sites for hydroxylation is 1. The summed E-state index contributed by atoms with van der Waals surface area (Å²) in [4.78, 5) is 4.23. The first kappa shape index (κ1) is 16.1. The molecule has 0 fully saturated rings. The van der Waals surface area contributed by atoms with E-state index in [4.69, 9.17) is 5.73 Å². The van der Waals surface area contributed by atoms with E-state index in [1.807, 2.05) is 0 Å². The van der Waals surface area contributed by atoms with Crippen LogP contribution >= 0.6 is 15.9 Å². The Kier molecular flexibility index (Phi) is 5.09. The molecule has 21 heavy (non-hydrogen) atoms.